The van der Waals surface area contributed by atoms with Crippen LogP contribution < -0.4 is 5.56 Å². The lowest BCUT2D eigenvalue weighted by atomic mass is 10.4. The first-order valence-electron chi connectivity index (χ1n) is 7.08. The number of aromatic nitrogens is 2. The largest absolute Gasteiger partial charge is 0.379 e. The highest BCUT2D eigenvalue weighted by Gasteiger charge is 1.95. The molecule has 0 amide bonds. The van der Waals surface area contributed by atoms with Gasteiger partial charge < -0.3 is 14.2 Å². The van der Waals surface area contributed by atoms with Crippen LogP contribution in [0.25, 0.3) is 0 Å². The third-order valence-corrected chi connectivity index (χ3v) is 2.66. The summed E-state index contributed by atoms with van der Waals surface area (Å²) in [7, 11) is 0. The lowest BCUT2D eigenvalue weighted by Gasteiger charge is -2.07. The van der Waals surface area contributed by atoms with Crippen molar-refractivity contribution in [3.05, 3.63) is 28.9 Å². The van der Waals surface area contributed by atoms with E-state index < -0.39 is 0 Å². The van der Waals surface area contributed by atoms with E-state index in [0.717, 1.165) is 19.4 Å². The minimum absolute atomic E-state index is 0.0657. The van der Waals surface area contributed by atoms with Crippen LogP contribution in [0.3, 0.4) is 0 Å². The Labute approximate surface area is 119 Å². The third kappa shape index (κ3) is 8.04. The Hall–Kier alpha value is -1.24. The lowest BCUT2D eigenvalue weighted by Crippen LogP contribution is -2.21. The van der Waals surface area contributed by atoms with Crippen LogP contribution >= 0.6 is 0 Å². The summed E-state index contributed by atoms with van der Waals surface area (Å²) in [6.45, 7) is 6.20. The first-order chi connectivity index (χ1) is 9.84. The fourth-order valence-corrected chi connectivity index (χ4v) is 1.50. The summed E-state index contributed by atoms with van der Waals surface area (Å²) in [6, 6.07) is 1.43. The van der Waals surface area contributed by atoms with Crippen molar-refractivity contribution in [2.45, 2.75) is 26.3 Å². The van der Waals surface area contributed by atoms with E-state index in [1.54, 1.807) is 0 Å². The maximum atomic E-state index is 11.4. The molecule has 1 aromatic heterocycles. The second kappa shape index (κ2) is 11.6. The molecule has 1 heterocycles. The SMILES string of the molecule is CCCCOCCOCCOCCn1cnccc1=O. The second-order valence-electron chi connectivity index (χ2n) is 4.30. The zero-order valence-corrected chi connectivity index (χ0v) is 12.1. The van der Waals surface area contributed by atoms with Crippen LogP contribution in [-0.4, -0.2) is 49.2 Å². The third-order valence-electron chi connectivity index (χ3n) is 2.66. The molecule has 0 bridgehead atoms. The van der Waals surface area contributed by atoms with Crippen molar-refractivity contribution in [3.63, 3.8) is 0 Å². The number of unbranched alkanes of at least 4 members (excludes halogenated alkanes) is 1. The van der Waals surface area contributed by atoms with Gasteiger partial charge in [-0.3, -0.25) is 9.36 Å². The van der Waals surface area contributed by atoms with E-state index in [1.165, 1.54) is 23.2 Å². The summed E-state index contributed by atoms with van der Waals surface area (Å²) < 4.78 is 17.6. The molecule has 0 spiro atoms. The van der Waals surface area contributed by atoms with Crippen LogP contribution in [0.4, 0.5) is 0 Å². The quantitative estimate of drug-likeness (QED) is 0.538. The summed E-state index contributed by atoms with van der Waals surface area (Å²) in [5.74, 6) is 0. The molecule has 20 heavy (non-hydrogen) atoms. The molecule has 1 aromatic rings. The Morgan fingerprint density at radius 2 is 1.70 bits per heavy atom. The molecule has 6 heteroatoms. The molecule has 0 aliphatic carbocycles. The molecule has 0 fully saturated rings. The average molecular weight is 284 g/mol. The van der Waals surface area contributed by atoms with Gasteiger partial charge in [-0.1, -0.05) is 13.3 Å². The van der Waals surface area contributed by atoms with Gasteiger partial charge in [0.05, 0.1) is 45.9 Å². The second-order valence-corrected chi connectivity index (χ2v) is 4.30. The van der Waals surface area contributed by atoms with Crippen molar-refractivity contribution in [2.24, 2.45) is 0 Å². The molecule has 1 rings (SSSR count). The number of hydrogen-bond donors (Lipinski definition) is 0. The molecule has 0 N–H and O–H groups in total. The Bertz CT molecular complexity index is 395. The predicted octanol–water partition coefficient (Wildman–Crippen LogP) is 1.09. The Balaban J connectivity index is 1.88. The standard InChI is InChI=1S/C14H24N2O4/c1-2-3-7-18-9-11-20-12-10-19-8-6-16-13-15-5-4-14(16)17/h4-5,13H,2-3,6-12H2,1H3. The van der Waals surface area contributed by atoms with Crippen LogP contribution in [-0.2, 0) is 20.8 Å². The Kier molecular flexibility index (Phi) is 9.73. The van der Waals surface area contributed by atoms with E-state index in [0.29, 0.717) is 39.6 Å². The molecule has 0 aromatic carbocycles. The fourth-order valence-electron chi connectivity index (χ4n) is 1.50. The van der Waals surface area contributed by atoms with E-state index in [4.69, 9.17) is 14.2 Å². The van der Waals surface area contributed by atoms with E-state index >= 15 is 0 Å². The normalized spacial score (nSPS) is 10.8. The van der Waals surface area contributed by atoms with E-state index in [9.17, 15) is 4.79 Å². The van der Waals surface area contributed by atoms with Gasteiger partial charge in [0.1, 0.15) is 0 Å². The summed E-state index contributed by atoms with van der Waals surface area (Å²) in [5.41, 5.74) is -0.0657. The van der Waals surface area contributed by atoms with Gasteiger partial charge in [0.2, 0.25) is 0 Å². The predicted molar refractivity (Wildman–Crippen MR) is 75.9 cm³/mol. The number of rotatable bonds is 12. The van der Waals surface area contributed by atoms with Crippen molar-refractivity contribution >= 4 is 0 Å². The minimum atomic E-state index is -0.0657. The highest BCUT2D eigenvalue weighted by Crippen LogP contribution is 1.88. The zero-order chi connectivity index (χ0) is 14.5. The van der Waals surface area contributed by atoms with E-state index in [-0.39, 0.29) is 5.56 Å². The van der Waals surface area contributed by atoms with Gasteiger partial charge in [0.15, 0.2) is 0 Å². The van der Waals surface area contributed by atoms with Crippen LogP contribution in [0.2, 0.25) is 0 Å². The molecule has 0 saturated carbocycles. The van der Waals surface area contributed by atoms with Gasteiger partial charge in [-0.2, -0.15) is 0 Å². The average Bonchev–Trinajstić information content (AvgIpc) is 2.46. The number of ether oxygens (including phenoxy) is 3. The molecular weight excluding hydrogens is 260 g/mol. The topological polar surface area (TPSA) is 62.6 Å². The molecule has 0 saturated heterocycles. The molecule has 0 aliphatic heterocycles. The van der Waals surface area contributed by atoms with E-state index in [1.807, 2.05) is 0 Å². The Morgan fingerprint density at radius 3 is 2.35 bits per heavy atom. The first kappa shape index (κ1) is 16.8. The highest BCUT2D eigenvalue weighted by atomic mass is 16.5. The first-order valence-corrected chi connectivity index (χ1v) is 7.08. The monoisotopic (exact) mass is 284 g/mol. The fraction of sp³-hybridized carbons (Fsp3) is 0.714. The van der Waals surface area contributed by atoms with Gasteiger partial charge in [0.25, 0.3) is 5.56 Å². The van der Waals surface area contributed by atoms with Crippen molar-refractivity contribution in [2.75, 3.05) is 39.6 Å². The minimum Gasteiger partial charge on any atom is -0.379 e. The van der Waals surface area contributed by atoms with Crippen molar-refractivity contribution in [1.29, 1.82) is 0 Å². The molecule has 0 aliphatic rings. The Morgan fingerprint density at radius 1 is 1.05 bits per heavy atom. The molecule has 114 valence electrons. The van der Waals surface area contributed by atoms with Gasteiger partial charge in [-0.25, -0.2) is 4.98 Å². The zero-order valence-electron chi connectivity index (χ0n) is 12.1. The molecule has 6 nitrogen and oxygen atoms in total. The lowest BCUT2D eigenvalue weighted by molar-refractivity contribution is 0.0126. The van der Waals surface area contributed by atoms with Crippen LogP contribution in [0.15, 0.2) is 23.4 Å². The summed E-state index contributed by atoms with van der Waals surface area (Å²) in [4.78, 5) is 15.2. The maximum Gasteiger partial charge on any atom is 0.253 e. The highest BCUT2D eigenvalue weighted by molar-refractivity contribution is 4.81. The molecule has 0 radical (unpaired) electrons. The van der Waals surface area contributed by atoms with E-state index in [2.05, 4.69) is 11.9 Å². The van der Waals surface area contributed by atoms with Crippen LogP contribution in [0.1, 0.15) is 19.8 Å². The molecule has 0 unspecified atom stereocenters. The maximum absolute atomic E-state index is 11.4. The molecule has 0 atom stereocenters. The van der Waals surface area contributed by atoms with Gasteiger partial charge in [-0.15, -0.1) is 0 Å². The van der Waals surface area contributed by atoms with Gasteiger partial charge in [-0.05, 0) is 6.42 Å². The van der Waals surface area contributed by atoms with Crippen molar-refractivity contribution < 1.29 is 14.2 Å². The summed E-state index contributed by atoms with van der Waals surface area (Å²) in [6.07, 6.45) is 5.23. The van der Waals surface area contributed by atoms with Crippen molar-refractivity contribution in [3.8, 4) is 0 Å². The van der Waals surface area contributed by atoms with Crippen LogP contribution in [0, 0.1) is 0 Å². The van der Waals surface area contributed by atoms with Crippen LogP contribution in [0.5, 0.6) is 0 Å². The smallest absolute Gasteiger partial charge is 0.253 e. The van der Waals surface area contributed by atoms with Gasteiger partial charge >= 0.3 is 0 Å². The van der Waals surface area contributed by atoms with Gasteiger partial charge in [0, 0.05) is 18.9 Å². The summed E-state index contributed by atoms with van der Waals surface area (Å²) >= 11 is 0. The van der Waals surface area contributed by atoms with Crippen molar-refractivity contribution in [1.82, 2.24) is 9.55 Å². The number of hydrogen-bond acceptors (Lipinski definition) is 5. The molecular formula is C14H24N2O4. The summed E-state index contributed by atoms with van der Waals surface area (Å²) in [5, 5.41) is 0. The number of nitrogens with zero attached hydrogens (tertiary/aromatic N) is 2.